The van der Waals surface area contributed by atoms with Crippen molar-refractivity contribution in [2.45, 2.75) is 20.0 Å². The van der Waals surface area contributed by atoms with Gasteiger partial charge in [-0.05, 0) is 78.4 Å². The zero-order chi connectivity index (χ0) is 15.4. The monoisotopic (exact) mass is 415 g/mol. The molecule has 0 saturated heterocycles. The zero-order valence-corrected chi connectivity index (χ0v) is 14.6. The Hall–Kier alpha value is -1.27. The van der Waals surface area contributed by atoms with Crippen LogP contribution in [-0.4, -0.2) is 12.0 Å². The van der Waals surface area contributed by atoms with Crippen LogP contribution in [-0.2, 0) is 4.79 Å². The molecule has 21 heavy (non-hydrogen) atoms. The first-order valence-corrected chi connectivity index (χ1v) is 7.90. The number of hydrogen-bond donors (Lipinski definition) is 1. The number of amides is 1. The van der Waals surface area contributed by atoms with Crippen LogP contribution in [0.5, 0.6) is 5.75 Å². The van der Waals surface area contributed by atoms with Gasteiger partial charge in [0.15, 0.2) is 6.10 Å². The van der Waals surface area contributed by atoms with Gasteiger partial charge >= 0.3 is 0 Å². The predicted molar refractivity (Wildman–Crippen MR) is 94.1 cm³/mol. The van der Waals surface area contributed by atoms with Crippen molar-refractivity contribution in [2.24, 2.45) is 0 Å². The minimum Gasteiger partial charge on any atom is -0.481 e. The second-order valence-electron chi connectivity index (χ2n) is 4.67. The number of nitrogens with one attached hydrogen (secondary N) is 1. The Morgan fingerprint density at radius 2 is 2.05 bits per heavy atom. The number of carbonyl (C=O) groups is 1. The summed E-state index contributed by atoms with van der Waals surface area (Å²) in [7, 11) is 0. The van der Waals surface area contributed by atoms with Gasteiger partial charge in [0.1, 0.15) is 5.75 Å². The second kappa shape index (κ2) is 7.13. The van der Waals surface area contributed by atoms with Crippen LogP contribution in [0, 0.1) is 10.5 Å². The van der Waals surface area contributed by atoms with Gasteiger partial charge in [0.2, 0.25) is 0 Å². The molecule has 2 aromatic carbocycles. The largest absolute Gasteiger partial charge is 0.481 e. The molecule has 2 aromatic rings. The van der Waals surface area contributed by atoms with E-state index in [9.17, 15) is 4.79 Å². The van der Waals surface area contributed by atoms with Gasteiger partial charge in [-0.3, -0.25) is 4.79 Å². The van der Waals surface area contributed by atoms with Crippen LogP contribution in [0.3, 0.4) is 0 Å². The van der Waals surface area contributed by atoms with Crippen LogP contribution in [0.25, 0.3) is 0 Å². The topological polar surface area (TPSA) is 38.3 Å². The number of hydrogen-bond acceptors (Lipinski definition) is 2. The number of benzene rings is 2. The van der Waals surface area contributed by atoms with Gasteiger partial charge < -0.3 is 10.1 Å². The minimum atomic E-state index is -0.609. The second-order valence-corrected chi connectivity index (χ2v) is 6.35. The van der Waals surface area contributed by atoms with Gasteiger partial charge in [-0.25, -0.2) is 0 Å². The first-order chi connectivity index (χ1) is 9.95. The SMILES string of the molecule is Cc1cc(I)ccc1NC(=O)[C@H](C)Oc1cccc(Cl)c1. The van der Waals surface area contributed by atoms with Crippen molar-refractivity contribution in [1.82, 2.24) is 0 Å². The van der Waals surface area contributed by atoms with Crippen LogP contribution in [0.2, 0.25) is 5.02 Å². The van der Waals surface area contributed by atoms with E-state index in [1.807, 2.05) is 25.1 Å². The molecule has 0 radical (unpaired) electrons. The summed E-state index contributed by atoms with van der Waals surface area (Å²) in [4.78, 5) is 12.2. The minimum absolute atomic E-state index is 0.195. The van der Waals surface area contributed by atoms with Crippen molar-refractivity contribution in [3.63, 3.8) is 0 Å². The highest BCUT2D eigenvalue weighted by Crippen LogP contribution is 2.20. The molecule has 0 saturated carbocycles. The normalized spacial score (nSPS) is 11.8. The molecule has 0 bridgehead atoms. The maximum atomic E-state index is 12.2. The van der Waals surface area contributed by atoms with Gasteiger partial charge in [-0.1, -0.05) is 17.7 Å². The summed E-state index contributed by atoms with van der Waals surface area (Å²) in [5.41, 5.74) is 1.81. The first-order valence-electron chi connectivity index (χ1n) is 6.45. The predicted octanol–water partition coefficient (Wildman–Crippen LogP) is 4.66. The lowest BCUT2D eigenvalue weighted by Gasteiger charge is -2.16. The van der Waals surface area contributed by atoms with Gasteiger partial charge in [0.05, 0.1) is 0 Å². The smallest absolute Gasteiger partial charge is 0.265 e. The van der Waals surface area contributed by atoms with E-state index in [4.69, 9.17) is 16.3 Å². The quantitative estimate of drug-likeness (QED) is 0.738. The van der Waals surface area contributed by atoms with E-state index in [1.165, 1.54) is 0 Å². The van der Waals surface area contributed by atoms with E-state index in [-0.39, 0.29) is 5.91 Å². The van der Waals surface area contributed by atoms with E-state index in [2.05, 4.69) is 27.9 Å². The van der Waals surface area contributed by atoms with Crippen molar-refractivity contribution >= 4 is 45.8 Å². The number of aryl methyl sites for hydroxylation is 1. The summed E-state index contributed by atoms with van der Waals surface area (Å²) in [5.74, 6) is 0.378. The molecule has 0 unspecified atom stereocenters. The average molecular weight is 416 g/mol. The molecule has 3 nitrogen and oxygen atoms in total. The van der Waals surface area contributed by atoms with Crippen LogP contribution in [0.4, 0.5) is 5.69 Å². The molecule has 1 amide bonds. The number of carbonyl (C=O) groups excluding carboxylic acids is 1. The highest BCUT2D eigenvalue weighted by atomic mass is 127. The summed E-state index contributed by atoms with van der Waals surface area (Å²) in [5, 5.41) is 3.45. The molecule has 0 aliphatic carbocycles. The summed E-state index contributed by atoms with van der Waals surface area (Å²) < 4.78 is 6.73. The number of rotatable bonds is 4. The molecular formula is C16H15ClINO2. The van der Waals surface area contributed by atoms with E-state index in [1.54, 1.807) is 31.2 Å². The lowest BCUT2D eigenvalue weighted by atomic mass is 10.2. The summed E-state index contributed by atoms with van der Waals surface area (Å²) in [6, 6.07) is 12.8. The highest BCUT2D eigenvalue weighted by Gasteiger charge is 2.15. The number of anilines is 1. The summed E-state index contributed by atoms with van der Waals surface area (Å²) in [6.07, 6.45) is -0.609. The van der Waals surface area contributed by atoms with Crippen LogP contribution >= 0.6 is 34.2 Å². The van der Waals surface area contributed by atoms with Crippen LogP contribution < -0.4 is 10.1 Å². The Kier molecular flexibility index (Phi) is 5.47. The van der Waals surface area contributed by atoms with Gasteiger partial charge in [-0.15, -0.1) is 0 Å². The third kappa shape index (κ3) is 4.61. The molecule has 2 rings (SSSR count). The molecule has 0 aliphatic rings. The fraction of sp³-hybridized carbons (Fsp3) is 0.188. The molecule has 0 aromatic heterocycles. The Morgan fingerprint density at radius 1 is 1.29 bits per heavy atom. The third-order valence-electron chi connectivity index (χ3n) is 2.92. The Balaban J connectivity index is 2.02. The van der Waals surface area contributed by atoms with Crippen molar-refractivity contribution < 1.29 is 9.53 Å². The standard InChI is InChI=1S/C16H15ClINO2/c1-10-8-13(18)6-7-15(10)19-16(20)11(2)21-14-5-3-4-12(17)9-14/h3-9,11H,1-2H3,(H,19,20)/t11-/m0/s1. The van der Waals surface area contributed by atoms with Gasteiger partial charge in [0, 0.05) is 14.3 Å². The molecule has 0 spiro atoms. The molecule has 0 aliphatic heterocycles. The lowest BCUT2D eigenvalue weighted by Crippen LogP contribution is -2.30. The summed E-state index contributed by atoms with van der Waals surface area (Å²) >= 11 is 8.13. The molecular weight excluding hydrogens is 401 g/mol. The number of halogens is 2. The van der Waals surface area contributed by atoms with Crippen molar-refractivity contribution in [1.29, 1.82) is 0 Å². The average Bonchev–Trinajstić information content (AvgIpc) is 2.41. The Labute approximate surface area is 142 Å². The molecule has 0 heterocycles. The van der Waals surface area contributed by atoms with Gasteiger partial charge in [-0.2, -0.15) is 0 Å². The van der Waals surface area contributed by atoms with Crippen molar-refractivity contribution in [2.75, 3.05) is 5.32 Å². The molecule has 1 N–H and O–H groups in total. The first kappa shape index (κ1) is 16.1. The fourth-order valence-corrected chi connectivity index (χ4v) is 2.63. The maximum absolute atomic E-state index is 12.2. The lowest BCUT2D eigenvalue weighted by molar-refractivity contribution is -0.122. The van der Waals surface area contributed by atoms with Crippen LogP contribution in [0.15, 0.2) is 42.5 Å². The maximum Gasteiger partial charge on any atom is 0.265 e. The third-order valence-corrected chi connectivity index (χ3v) is 3.83. The molecule has 0 fully saturated rings. The van der Waals surface area contributed by atoms with E-state index in [0.29, 0.717) is 10.8 Å². The van der Waals surface area contributed by atoms with E-state index in [0.717, 1.165) is 14.8 Å². The number of ether oxygens (including phenoxy) is 1. The summed E-state index contributed by atoms with van der Waals surface area (Å²) in [6.45, 7) is 3.67. The molecule has 5 heteroatoms. The molecule has 1 atom stereocenters. The van der Waals surface area contributed by atoms with Crippen LogP contribution in [0.1, 0.15) is 12.5 Å². The highest BCUT2D eigenvalue weighted by molar-refractivity contribution is 14.1. The van der Waals surface area contributed by atoms with E-state index >= 15 is 0 Å². The molecule has 110 valence electrons. The Bertz CT molecular complexity index is 660. The van der Waals surface area contributed by atoms with Gasteiger partial charge in [0.25, 0.3) is 5.91 Å². The fourth-order valence-electron chi connectivity index (χ4n) is 1.80. The van der Waals surface area contributed by atoms with Crippen molar-refractivity contribution in [3.05, 3.63) is 56.6 Å². The zero-order valence-electron chi connectivity index (χ0n) is 11.7. The van der Waals surface area contributed by atoms with E-state index < -0.39 is 6.10 Å². The Morgan fingerprint density at radius 3 is 2.71 bits per heavy atom. The van der Waals surface area contributed by atoms with Crippen molar-refractivity contribution in [3.8, 4) is 5.75 Å².